The summed E-state index contributed by atoms with van der Waals surface area (Å²) in [7, 11) is 0. The Balaban J connectivity index is 1.50. The van der Waals surface area contributed by atoms with E-state index < -0.39 is 29.8 Å². The van der Waals surface area contributed by atoms with E-state index in [0.717, 1.165) is 9.37 Å². The minimum Gasteiger partial charge on any atom is -0.322 e. The van der Waals surface area contributed by atoms with E-state index in [-0.39, 0.29) is 22.3 Å². The lowest BCUT2D eigenvalue weighted by Gasteiger charge is -2.20. The van der Waals surface area contributed by atoms with Crippen LogP contribution in [0.3, 0.4) is 0 Å². The summed E-state index contributed by atoms with van der Waals surface area (Å²) in [6, 6.07) is 9.62. The van der Waals surface area contributed by atoms with Gasteiger partial charge in [0.25, 0.3) is 11.8 Å². The number of carbonyl (C=O) groups is 3. The standard InChI is InChI=1S/C18H12BrCl2N5O3/c19-9-4-6-10(7-5-9)26-17(28)15-16(18(26)29)25(24-23-15)8-13(27)22-14-11(20)2-1-3-12(14)21/h1-7,15-16H,8H2,(H,22,27)/t15-,16+/m0/s1. The van der Waals surface area contributed by atoms with Gasteiger partial charge in [-0.3, -0.25) is 19.4 Å². The van der Waals surface area contributed by atoms with E-state index >= 15 is 0 Å². The number of rotatable bonds is 4. The average molecular weight is 497 g/mol. The zero-order valence-electron chi connectivity index (χ0n) is 14.6. The van der Waals surface area contributed by atoms with Gasteiger partial charge in [-0.1, -0.05) is 50.4 Å². The first-order chi connectivity index (χ1) is 13.9. The smallest absolute Gasteiger partial charge is 0.263 e. The van der Waals surface area contributed by atoms with Crippen LogP contribution in [-0.2, 0) is 14.4 Å². The van der Waals surface area contributed by atoms with Gasteiger partial charge in [0.05, 0.1) is 21.4 Å². The summed E-state index contributed by atoms with van der Waals surface area (Å²) in [5.41, 5.74) is 0.693. The zero-order chi connectivity index (χ0) is 20.7. The number of hydrogen-bond donors (Lipinski definition) is 1. The molecule has 0 aliphatic carbocycles. The maximum Gasteiger partial charge on any atom is 0.263 e. The molecular weight excluding hydrogens is 485 g/mol. The van der Waals surface area contributed by atoms with Crippen molar-refractivity contribution in [2.45, 2.75) is 12.1 Å². The van der Waals surface area contributed by atoms with Gasteiger partial charge in [0, 0.05) is 4.47 Å². The lowest BCUT2D eigenvalue weighted by atomic mass is 10.1. The molecule has 2 atom stereocenters. The highest BCUT2D eigenvalue weighted by atomic mass is 79.9. The topological polar surface area (TPSA) is 94.4 Å². The number of carbonyl (C=O) groups excluding carboxylic acids is 3. The SMILES string of the molecule is O=C(CN1N=N[C@@H]2C(=O)N(c3ccc(Br)cc3)C(=O)[C@@H]21)Nc1c(Cl)cccc1Cl. The molecule has 1 saturated heterocycles. The quantitative estimate of drug-likeness (QED) is 0.653. The van der Waals surface area contributed by atoms with Crippen molar-refractivity contribution < 1.29 is 14.4 Å². The Kier molecular flexibility index (Phi) is 5.28. The van der Waals surface area contributed by atoms with Gasteiger partial charge in [0.2, 0.25) is 5.91 Å². The fourth-order valence-electron chi connectivity index (χ4n) is 3.14. The Bertz CT molecular complexity index is 1030. The summed E-state index contributed by atoms with van der Waals surface area (Å²) in [6.45, 7) is -0.292. The number of anilines is 2. The molecule has 29 heavy (non-hydrogen) atoms. The fourth-order valence-corrected chi connectivity index (χ4v) is 3.90. The van der Waals surface area contributed by atoms with Crippen molar-refractivity contribution in [3.63, 3.8) is 0 Å². The molecule has 2 aliphatic heterocycles. The van der Waals surface area contributed by atoms with E-state index in [1.807, 2.05) is 0 Å². The molecule has 8 nitrogen and oxygen atoms in total. The number of fused-ring (bicyclic) bond motifs is 1. The highest BCUT2D eigenvalue weighted by Gasteiger charge is 2.55. The van der Waals surface area contributed by atoms with Crippen LogP contribution in [-0.4, -0.2) is 41.4 Å². The normalized spacial score (nSPS) is 20.4. The number of nitrogens with zero attached hydrogens (tertiary/aromatic N) is 4. The van der Waals surface area contributed by atoms with E-state index in [0.29, 0.717) is 5.69 Å². The predicted octanol–water partition coefficient (Wildman–Crippen LogP) is 3.69. The molecule has 11 heteroatoms. The molecule has 2 aromatic carbocycles. The molecule has 4 rings (SSSR count). The second-order valence-corrected chi connectivity index (χ2v) is 8.06. The Labute approximate surface area is 183 Å². The Hall–Kier alpha value is -2.49. The van der Waals surface area contributed by atoms with Crippen molar-refractivity contribution in [1.29, 1.82) is 0 Å². The van der Waals surface area contributed by atoms with Crippen LogP contribution in [0.5, 0.6) is 0 Å². The third-order valence-electron chi connectivity index (χ3n) is 4.48. The molecule has 2 heterocycles. The van der Waals surface area contributed by atoms with Crippen LogP contribution in [0.4, 0.5) is 11.4 Å². The van der Waals surface area contributed by atoms with Crippen LogP contribution in [0.1, 0.15) is 0 Å². The molecule has 3 amide bonds. The van der Waals surface area contributed by atoms with Gasteiger partial charge in [-0.25, -0.2) is 4.90 Å². The van der Waals surface area contributed by atoms with E-state index in [1.165, 1.54) is 5.01 Å². The first kappa shape index (κ1) is 19.8. The Morgan fingerprint density at radius 3 is 2.38 bits per heavy atom. The van der Waals surface area contributed by atoms with Crippen molar-refractivity contribution in [3.8, 4) is 0 Å². The maximum atomic E-state index is 12.9. The van der Waals surface area contributed by atoms with E-state index in [1.54, 1.807) is 42.5 Å². The molecule has 0 unspecified atom stereocenters. The summed E-state index contributed by atoms with van der Waals surface area (Å²) in [5, 5.41) is 12.1. The molecular formula is C18H12BrCl2N5O3. The van der Waals surface area contributed by atoms with Gasteiger partial charge in [-0.05, 0) is 36.4 Å². The van der Waals surface area contributed by atoms with E-state index in [9.17, 15) is 14.4 Å². The summed E-state index contributed by atoms with van der Waals surface area (Å²) in [5.74, 6) is -1.47. The number of amides is 3. The molecule has 0 spiro atoms. The first-order valence-electron chi connectivity index (χ1n) is 8.41. The van der Waals surface area contributed by atoms with Gasteiger partial charge < -0.3 is 5.32 Å². The number of hydrogen-bond acceptors (Lipinski definition) is 6. The molecule has 0 bridgehead atoms. The van der Waals surface area contributed by atoms with Gasteiger partial charge >= 0.3 is 0 Å². The van der Waals surface area contributed by atoms with Crippen LogP contribution < -0.4 is 10.2 Å². The van der Waals surface area contributed by atoms with Crippen molar-refractivity contribution in [1.82, 2.24) is 5.01 Å². The number of halogens is 3. The number of benzene rings is 2. The van der Waals surface area contributed by atoms with Crippen molar-refractivity contribution >= 4 is 68.2 Å². The summed E-state index contributed by atoms with van der Waals surface area (Å²) in [6.07, 6.45) is 0. The van der Waals surface area contributed by atoms with Crippen molar-refractivity contribution in [3.05, 3.63) is 57.0 Å². The van der Waals surface area contributed by atoms with Crippen LogP contribution in [0.2, 0.25) is 10.0 Å². The molecule has 2 aliphatic rings. The van der Waals surface area contributed by atoms with Crippen LogP contribution >= 0.6 is 39.1 Å². The second-order valence-electron chi connectivity index (χ2n) is 6.33. The van der Waals surface area contributed by atoms with E-state index in [4.69, 9.17) is 23.2 Å². The maximum absolute atomic E-state index is 12.9. The highest BCUT2D eigenvalue weighted by Crippen LogP contribution is 2.33. The molecule has 0 aromatic heterocycles. The molecule has 148 valence electrons. The van der Waals surface area contributed by atoms with Gasteiger partial charge in [0.15, 0.2) is 12.1 Å². The summed E-state index contributed by atoms with van der Waals surface area (Å²) >= 11 is 15.4. The minimum absolute atomic E-state index is 0.263. The van der Waals surface area contributed by atoms with Crippen LogP contribution in [0.25, 0.3) is 0 Å². The van der Waals surface area contributed by atoms with Crippen LogP contribution in [0.15, 0.2) is 57.3 Å². The lowest BCUT2D eigenvalue weighted by molar-refractivity contribution is -0.123. The van der Waals surface area contributed by atoms with E-state index in [2.05, 4.69) is 31.6 Å². The van der Waals surface area contributed by atoms with Gasteiger partial charge in [0.1, 0.15) is 6.54 Å². The summed E-state index contributed by atoms with van der Waals surface area (Å²) < 4.78 is 0.816. The van der Waals surface area contributed by atoms with Gasteiger partial charge in [-0.2, -0.15) is 5.11 Å². The third kappa shape index (κ3) is 3.61. The Morgan fingerprint density at radius 2 is 1.72 bits per heavy atom. The molecule has 1 fully saturated rings. The molecule has 2 aromatic rings. The number of imide groups is 1. The second kappa shape index (κ2) is 7.74. The van der Waals surface area contributed by atoms with Gasteiger partial charge in [-0.15, -0.1) is 0 Å². The molecule has 0 saturated carbocycles. The largest absolute Gasteiger partial charge is 0.322 e. The lowest BCUT2D eigenvalue weighted by Crippen LogP contribution is -2.43. The third-order valence-corrected chi connectivity index (χ3v) is 5.63. The number of nitrogens with one attached hydrogen (secondary N) is 1. The summed E-state index contributed by atoms with van der Waals surface area (Å²) in [4.78, 5) is 39.1. The highest BCUT2D eigenvalue weighted by molar-refractivity contribution is 9.10. The fraction of sp³-hybridized carbons (Fsp3) is 0.167. The van der Waals surface area contributed by atoms with Crippen molar-refractivity contribution in [2.75, 3.05) is 16.8 Å². The molecule has 1 N–H and O–H groups in total. The first-order valence-corrected chi connectivity index (χ1v) is 9.96. The molecule has 0 radical (unpaired) electrons. The predicted molar refractivity (Wildman–Crippen MR) is 111 cm³/mol. The van der Waals surface area contributed by atoms with Crippen molar-refractivity contribution in [2.24, 2.45) is 10.3 Å². The average Bonchev–Trinajstić information content (AvgIpc) is 3.19. The zero-order valence-corrected chi connectivity index (χ0v) is 17.6. The van der Waals surface area contributed by atoms with Crippen LogP contribution in [0, 0.1) is 0 Å². The minimum atomic E-state index is -0.983. The Morgan fingerprint density at radius 1 is 1.07 bits per heavy atom. The number of para-hydroxylation sites is 1. The monoisotopic (exact) mass is 495 g/mol.